The Balaban J connectivity index is 3.05. The summed E-state index contributed by atoms with van der Waals surface area (Å²) in [7, 11) is 0. The Hall–Kier alpha value is -0.0800. The van der Waals surface area contributed by atoms with Crippen molar-refractivity contribution >= 4 is 0 Å². The van der Waals surface area contributed by atoms with Gasteiger partial charge in [-0.25, -0.2) is 0 Å². The van der Waals surface area contributed by atoms with Crippen LogP contribution in [-0.4, -0.2) is 22.4 Å². The lowest BCUT2D eigenvalue weighted by Crippen LogP contribution is -2.55. The summed E-state index contributed by atoms with van der Waals surface area (Å²) >= 11 is 0. The van der Waals surface area contributed by atoms with Gasteiger partial charge in [-0.2, -0.15) is 0 Å². The molecule has 0 saturated heterocycles. The fourth-order valence-electron chi connectivity index (χ4n) is 3.69. The Morgan fingerprint density at radius 3 is 1.62 bits per heavy atom. The molecular formula is C14H28O2. The lowest BCUT2D eigenvalue weighted by Gasteiger charge is -2.55. The van der Waals surface area contributed by atoms with Gasteiger partial charge in [0.1, 0.15) is 0 Å². The molecule has 0 heterocycles. The smallest absolute Gasteiger partial charge is 0.0730 e. The number of hydrogen-bond acceptors (Lipinski definition) is 2. The zero-order valence-electron chi connectivity index (χ0n) is 11.7. The molecule has 0 aromatic carbocycles. The SMILES string of the molecule is CC1(C)CC(C)(C)CC(O)(C(C)(C)CO)C1. The highest BCUT2D eigenvalue weighted by Crippen LogP contribution is 2.55. The molecule has 0 unspecified atom stereocenters. The van der Waals surface area contributed by atoms with E-state index in [2.05, 4.69) is 27.7 Å². The minimum Gasteiger partial charge on any atom is -0.396 e. The van der Waals surface area contributed by atoms with Crippen LogP contribution in [0.15, 0.2) is 0 Å². The van der Waals surface area contributed by atoms with Gasteiger partial charge < -0.3 is 10.2 Å². The maximum atomic E-state index is 10.9. The lowest BCUT2D eigenvalue weighted by molar-refractivity contribution is -0.165. The third-order valence-electron chi connectivity index (χ3n) is 4.15. The summed E-state index contributed by atoms with van der Waals surface area (Å²) in [6, 6.07) is 0. The average molecular weight is 228 g/mol. The minimum absolute atomic E-state index is 0.0374. The Morgan fingerprint density at radius 1 is 0.938 bits per heavy atom. The van der Waals surface area contributed by atoms with Crippen molar-refractivity contribution in [2.75, 3.05) is 6.61 Å². The van der Waals surface area contributed by atoms with Gasteiger partial charge in [0, 0.05) is 5.41 Å². The predicted molar refractivity (Wildman–Crippen MR) is 67.2 cm³/mol. The molecule has 0 spiro atoms. The molecule has 2 heteroatoms. The van der Waals surface area contributed by atoms with Crippen molar-refractivity contribution in [1.29, 1.82) is 0 Å². The molecule has 2 N–H and O–H groups in total. The molecule has 1 aliphatic rings. The molecule has 2 nitrogen and oxygen atoms in total. The first-order valence-corrected chi connectivity index (χ1v) is 6.26. The lowest BCUT2D eigenvalue weighted by atomic mass is 9.54. The van der Waals surface area contributed by atoms with Gasteiger partial charge in [-0.3, -0.25) is 0 Å². The summed E-state index contributed by atoms with van der Waals surface area (Å²) in [5.74, 6) is 0. The summed E-state index contributed by atoms with van der Waals surface area (Å²) in [6.45, 7) is 12.8. The van der Waals surface area contributed by atoms with E-state index in [4.69, 9.17) is 0 Å². The Morgan fingerprint density at radius 2 is 1.31 bits per heavy atom. The van der Waals surface area contributed by atoms with Crippen LogP contribution in [0.4, 0.5) is 0 Å². The zero-order chi connectivity index (χ0) is 12.8. The van der Waals surface area contributed by atoms with E-state index in [-0.39, 0.29) is 17.4 Å². The maximum Gasteiger partial charge on any atom is 0.0730 e. The Labute approximate surface area is 100 Å². The zero-order valence-corrected chi connectivity index (χ0v) is 11.7. The molecule has 0 atom stereocenters. The van der Waals surface area contributed by atoms with Gasteiger partial charge in [0.25, 0.3) is 0 Å². The molecule has 1 fully saturated rings. The van der Waals surface area contributed by atoms with Crippen molar-refractivity contribution in [3.8, 4) is 0 Å². The van der Waals surface area contributed by atoms with Crippen LogP contribution in [0, 0.1) is 16.2 Å². The van der Waals surface area contributed by atoms with Crippen LogP contribution in [-0.2, 0) is 0 Å². The third-order valence-corrected chi connectivity index (χ3v) is 4.15. The van der Waals surface area contributed by atoms with Crippen LogP contribution in [0.1, 0.15) is 60.8 Å². The first-order chi connectivity index (χ1) is 6.93. The molecule has 0 aromatic rings. The molecule has 0 aromatic heterocycles. The first-order valence-electron chi connectivity index (χ1n) is 6.26. The molecule has 1 aliphatic carbocycles. The molecule has 1 saturated carbocycles. The van der Waals surface area contributed by atoms with E-state index in [1.54, 1.807) is 0 Å². The Kier molecular flexibility index (Phi) is 3.24. The Bertz CT molecular complexity index is 248. The molecule has 0 aliphatic heterocycles. The van der Waals surface area contributed by atoms with E-state index < -0.39 is 11.0 Å². The fraction of sp³-hybridized carbons (Fsp3) is 1.00. The third kappa shape index (κ3) is 2.60. The van der Waals surface area contributed by atoms with Crippen LogP contribution < -0.4 is 0 Å². The molecule has 0 bridgehead atoms. The topological polar surface area (TPSA) is 40.5 Å². The second-order valence-corrected chi connectivity index (χ2v) is 7.93. The fourth-order valence-corrected chi connectivity index (χ4v) is 3.69. The van der Waals surface area contributed by atoms with Crippen molar-refractivity contribution in [2.45, 2.75) is 66.4 Å². The van der Waals surface area contributed by atoms with Crippen molar-refractivity contribution in [2.24, 2.45) is 16.2 Å². The molecule has 1 rings (SSSR count). The summed E-state index contributed by atoms with van der Waals surface area (Å²) < 4.78 is 0. The summed E-state index contributed by atoms with van der Waals surface area (Å²) in [5, 5.41) is 20.4. The molecule has 96 valence electrons. The average Bonchev–Trinajstić information content (AvgIpc) is 1.96. The van der Waals surface area contributed by atoms with Gasteiger partial charge in [-0.05, 0) is 30.1 Å². The molecule has 16 heavy (non-hydrogen) atoms. The number of rotatable bonds is 2. The van der Waals surface area contributed by atoms with Crippen molar-refractivity contribution in [3.05, 3.63) is 0 Å². The highest BCUT2D eigenvalue weighted by atomic mass is 16.3. The van der Waals surface area contributed by atoms with Crippen molar-refractivity contribution < 1.29 is 10.2 Å². The minimum atomic E-state index is -0.757. The van der Waals surface area contributed by atoms with E-state index in [0.29, 0.717) is 0 Å². The summed E-state index contributed by atoms with van der Waals surface area (Å²) in [5.41, 5.74) is -0.902. The summed E-state index contributed by atoms with van der Waals surface area (Å²) in [6.07, 6.45) is 2.68. The number of aliphatic hydroxyl groups excluding tert-OH is 1. The second-order valence-electron chi connectivity index (χ2n) is 7.93. The quantitative estimate of drug-likeness (QED) is 0.763. The van der Waals surface area contributed by atoms with E-state index in [9.17, 15) is 10.2 Å². The van der Waals surface area contributed by atoms with E-state index >= 15 is 0 Å². The number of hydrogen-bond donors (Lipinski definition) is 2. The van der Waals surface area contributed by atoms with Crippen molar-refractivity contribution in [1.82, 2.24) is 0 Å². The van der Waals surface area contributed by atoms with Crippen LogP contribution in [0.3, 0.4) is 0 Å². The van der Waals surface area contributed by atoms with Crippen LogP contribution in [0.25, 0.3) is 0 Å². The van der Waals surface area contributed by atoms with Gasteiger partial charge in [0.2, 0.25) is 0 Å². The monoisotopic (exact) mass is 228 g/mol. The molecule has 0 radical (unpaired) electrons. The molecule has 0 amide bonds. The second kappa shape index (κ2) is 3.71. The van der Waals surface area contributed by atoms with Gasteiger partial charge in [-0.15, -0.1) is 0 Å². The largest absolute Gasteiger partial charge is 0.396 e. The molecular weight excluding hydrogens is 200 g/mol. The first kappa shape index (κ1) is 14.0. The van der Waals surface area contributed by atoms with E-state index in [1.165, 1.54) is 0 Å². The van der Waals surface area contributed by atoms with Crippen molar-refractivity contribution in [3.63, 3.8) is 0 Å². The van der Waals surface area contributed by atoms with Gasteiger partial charge in [0.05, 0.1) is 12.2 Å². The van der Waals surface area contributed by atoms with Gasteiger partial charge in [-0.1, -0.05) is 41.5 Å². The van der Waals surface area contributed by atoms with Gasteiger partial charge >= 0.3 is 0 Å². The van der Waals surface area contributed by atoms with E-state index in [1.807, 2.05) is 13.8 Å². The van der Waals surface area contributed by atoms with Crippen LogP contribution in [0.2, 0.25) is 0 Å². The van der Waals surface area contributed by atoms with E-state index in [0.717, 1.165) is 19.3 Å². The normalized spacial score (nSPS) is 27.8. The standard InChI is InChI=1S/C14H28O2/c1-11(2)7-12(3,4)9-14(16,8-11)13(5,6)10-15/h15-16H,7-10H2,1-6H3. The predicted octanol–water partition coefficient (Wildman–Crippen LogP) is 2.97. The number of aliphatic hydroxyl groups is 2. The highest BCUT2D eigenvalue weighted by Gasteiger charge is 2.53. The van der Waals surface area contributed by atoms with Gasteiger partial charge in [0.15, 0.2) is 0 Å². The maximum absolute atomic E-state index is 10.9. The summed E-state index contributed by atoms with van der Waals surface area (Å²) in [4.78, 5) is 0. The highest BCUT2D eigenvalue weighted by molar-refractivity contribution is 5.04. The van der Waals surface area contributed by atoms with Crippen LogP contribution >= 0.6 is 0 Å². The van der Waals surface area contributed by atoms with Crippen LogP contribution in [0.5, 0.6) is 0 Å².